The van der Waals surface area contributed by atoms with E-state index >= 15 is 0 Å². The lowest BCUT2D eigenvalue weighted by Crippen LogP contribution is -2.59. The van der Waals surface area contributed by atoms with Gasteiger partial charge in [0.15, 0.2) is 0 Å². The molecular formula is C24H35N3O2. The van der Waals surface area contributed by atoms with Gasteiger partial charge in [0.1, 0.15) is 6.04 Å². The van der Waals surface area contributed by atoms with Gasteiger partial charge >= 0.3 is 6.03 Å². The van der Waals surface area contributed by atoms with E-state index in [1.165, 1.54) is 38.5 Å². The number of para-hydroxylation sites is 1. The van der Waals surface area contributed by atoms with Crippen molar-refractivity contribution in [1.29, 1.82) is 0 Å². The lowest BCUT2D eigenvalue weighted by molar-refractivity contribution is -0.128. The number of carbonyl (C=O) groups excluding carboxylic acids is 2. The summed E-state index contributed by atoms with van der Waals surface area (Å²) in [7, 11) is 0. The van der Waals surface area contributed by atoms with Crippen molar-refractivity contribution in [3.63, 3.8) is 0 Å². The van der Waals surface area contributed by atoms with Crippen molar-refractivity contribution in [3.8, 4) is 0 Å². The predicted octanol–water partition coefficient (Wildman–Crippen LogP) is 4.55. The Morgan fingerprint density at radius 2 is 1.45 bits per heavy atom. The van der Waals surface area contributed by atoms with Crippen LogP contribution in [-0.2, 0) is 4.79 Å². The van der Waals surface area contributed by atoms with Crippen LogP contribution in [0.15, 0.2) is 30.3 Å². The first-order valence-electron chi connectivity index (χ1n) is 11.3. The number of benzene rings is 1. The maximum absolute atomic E-state index is 13.1. The number of urea groups is 1. The van der Waals surface area contributed by atoms with Crippen LogP contribution >= 0.6 is 0 Å². The van der Waals surface area contributed by atoms with Crippen molar-refractivity contribution in [3.05, 3.63) is 30.3 Å². The molecule has 4 bridgehead atoms. The van der Waals surface area contributed by atoms with E-state index in [2.05, 4.69) is 22.9 Å². The zero-order valence-corrected chi connectivity index (χ0v) is 17.9. The molecule has 0 saturated heterocycles. The number of nitrogens with one attached hydrogen (secondary N) is 3. The van der Waals surface area contributed by atoms with Gasteiger partial charge in [-0.2, -0.15) is 0 Å². The summed E-state index contributed by atoms with van der Waals surface area (Å²) in [6, 6.07) is 8.58. The van der Waals surface area contributed by atoms with Crippen molar-refractivity contribution < 1.29 is 9.59 Å². The highest BCUT2D eigenvalue weighted by atomic mass is 16.2. The van der Waals surface area contributed by atoms with Crippen LogP contribution in [0.2, 0.25) is 0 Å². The molecule has 5 nitrogen and oxygen atoms in total. The van der Waals surface area contributed by atoms with E-state index in [4.69, 9.17) is 0 Å². The summed E-state index contributed by atoms with van der Waals surface area (Å²) < 4.78 is 0. The summed E-state index contributed by atoms with van der Waals surface area (Å²) in [6.45, 7) is 6.14. The molecule has 2 atom stereocenters. The summed E-state index contributed by atoms with van der Waals surface area (Å²) in [4.78, 5) is 25.6. The molecule has 3 amide bonds. The summed E-state index contributed by atoms with van der Waals surface area (Å²) >= 11 is 0. The molecule has 0 aromatic heterocycles. The Labute approximate surface area is 174 Å². The second-order valence-corrected chi connectivity index (χ2v) is 10.2. The topological polar surface area (TPSA) is 70.2 Å². The molecule has 4 aliphatic rings. The van der Waals surface area contributed by atoms with E-state index in [9.17, 15) is 9.59 Å². The normalized spacial score (nSPS) is 31.9. The van der Waals surface area contributed by atoms with Crippen molar-refractivity contribution in [2.75, 3.05) is 5.32 Å². The molecule has 3 N–H and O–H groups in total. The van der Waals surface area contributed by atoms with Gasteiger partial charge in [-0.05, 0) is 86.7 Å². The van der Waals surface area contributed by atoms with Crippen LogP contribution in [0, 0.1) is 29.1 Å². The molecular weight excluding hydrogens is 362 g/mol. The minimum atomic E-state index is -0.546. The molecule has 1 aromatic rings. The van der Waals surface area contributed by atoms with E-state index in [1.54, 1.807) is 0 Å². The monoisotopic (exact) mass is 397 g/mol. The van der Waals surface area contributed by atoms with Gasteiger partial charge in [0.25, 0.3) is 0 Å². The second-order valence-electron chi connectivity index (χ2n) is 10.2. The number of amides is 3. The number of anilines is 1. The standard InChI is InChI=1S/C24H35N3O2/c1-15(2)21(27-23(29)26-20-7-5-4-6-8-20)22(28)25-16(3)24-12-17-9-18(13-24)11-19(10-17)14-24/h4-8,15-19,21H,9-14H2,1-3H3,(H,25,28)(H2,26,27,29). The Hall–Kier alpha value is -2.04. The van der Waals surface area contributed by atoms with E-state index < -0.39 is 6.04 Å². The number of hydrogen-bond donors (Lipinski definition) is 3. The van der Waals surface area contributed by atoms with Gasteiger partial charge in [0, 0.05) is 11.7 Å². The molecule has 0 heterocycles. The first kappa shape index (κ1) is 20.2. The molecule has 158 valence electrons. The van der Waals surface area contributed by atoms with Crippen LogP contribution in [0.3, 0.4) is 0 Å². The maximum atomic E-state index is 13.1. The first-order chi connectivity index (χ1) is 13.8. The summed E-state index contributed by atoms with van der Waals surface area (Å²) in [5.74, 6) is 2.52. The Kier molecular flexibility index (Phi) is 5.58. The van der Waals surface area contributed by atoms with Gasteiger partial charge in [0.05, 0.1) is 0 Å². The van der Waals surface area contributed by atoms with Crippen LogP contribution in [-0.4, -0.2) is 24.0 Å². The molecule has 1 aromatic carbocycles. The zero-order valence-electron chi connectivity index (χ0n) is 17.9. The van der Waals surface area contributed by atoms with Crippen LogP contribution < -0.4 is 16.0 Å². The quantitative estimate of drug-likeness (QED) is 0.659. The summed E-state index contributed by atoms with van der Waals surface area (Å²) in [5, 5.41) is 9.00. The number of carbonyl (C=O) groups is 2. The average Bonchev–Trinajstić information content (AvgIpc) is 2.65. The third-order valence-electron chi connectivity index (χ3n) is 7.63. The highest BCUT2D eigenvalue weighted by molar-refractivity contribution is 5.93. The second kappa shape index (κ2) is 8.00. The molecule has 2 unspecified atom stereocenters. The van der Waals surface area contributed by atoms with Gasteiger partial charge in [-0.3, -0.25) is 4.79 Å². The smallest absolute Gasteiger partial charge is 0.319 e. The molecule has 4 fully saturated rings. The highest BCUT2D eigenvalue weighted by Crippen LogP contribution is 2.61. The van der Waals surface area contributed by atoms with E-state index in [0.29, 0.717) is 0 Å². The SMILES string of the molecule is CC(C)C(NC(=O)Nc1ccccc1)C(=O)NC(C)C12CC3CC(CC(C3)C1)C2. The molecule has 5 rings (SSSR count). The lowest BCUT2D eigenvalue weighted by atomic mass is 9.48. The summed E-state index contributed by atoms with van der Waals surface area (Å²) in [5.41, 5.74) is 0.980. The molecule has 4 aliphatic carbocycles. The Balaban J connectivity index is 1.38. The Morgan fingerprint density at radius 1 is 0.897 bits per heavy atom. The zero-order chi connectivity index (χ0) is 20.6. The van der Waals surface area contributed by atoms with Crippen molar-refractivity contribution in [2.24, 2.45) is 29.1 Å². The van der Waals surface area contributed by atoms with Crippen molar-refractivity contribution in [2.45, 2.75) is 71.4 Å². The molecule has 0 radical (unpaired) electrons. The number of rotatable bonds is 6. The number of hydrogen-bond acceptors (Lipinski definition) is 2. The summed E-state index contributed by atoms with van der Waals surface area (Å²) in [6.07, 6.45) is 7.97. The van der Waals surface area contributed by atoms with Crippen molar-refractivity contribution >= 4 is 17.6 Å². The van der Waals surface area contributed by atoms with Crippen LogP contribution in [0.5, 0.6) is 0 Å². The lowest BCUT2D eigenvalue weighted by Gasteiger charge is -2.59. The molecule has 0 aliphatic heterocycles. The first-order valence-corrected chi connectivity index (χ1v) is 11.3. The van der Waals surface area contributed by atoms with Gasteiger partial charge in [-0.15, -0.1) is 0 Å². The fraction of sp³-hybridized carbons (Fsp3) is 0.667. The maximum Gasteiger partial charge on any atom is 0.319 e. The van der Waals surface area contributed by atoms with Crippen LogP contribution in [0.25, 0.3) is 0 Å². The molecule has 4 saturated carbocycles. The van der Waals surface area contributed by atoms with Gasteiger partial charge in [-0.1, -0.05) is 32.0 Å². The van der Waals surface area contributed by atoms with E-state index in [0.717, 1.165) is 23.4 Å². The Morgan fingerprint density at radius 3 is 1.97 bits per heavy atom. The third-order valence-corrected chi connectivity index (χ3v) is 7.63. The van der Waals surface area contributed by atoms with E-state index in [-0.39, 0.29) is 29.3 Å². The fourth-order valence-electron chi connectivity index (χ4n) is 6.53. The fourth-order valence-corrected chi connectivity index (χ4v) is 6.53. The molecule has 29 heavy (non-hydrogen) atoms. The van der Waals surface area contributed by atoms with E-state index in [1.807, 2.05) is 44.2 Å². The third kappa shape index (κ3) is 4.29. The van der Waals surface area contributed by atoms with Gasteiger partial charge in [0.2, 0.25) is 5.91 Å². The predicted molar refractivity (Wildman–Crippen MR) is 115 cm³/mol. The largest absolute Gasteiger partial charge is 0.351 e. The van der Waals surface area contributed by atoms with Crippen LogP contribution in [0.1, 0.15) is 59.3 Å². The van der Waals surface area contributed by atoms with Crippen LogP contribution in [0.4, 0.5) is 10.5 Å². The Bertz CT molecular complexity index is 710. The molecule has 0 spiro atoms. The highest BCUT2D eigenvalue weighted by Gasteiger charge is 2.53. The van der Waals surface area contributed by atoms with Crippen molar-refractivity contribution in [1.82, 2.24) is 10.6 Å². The average molecular weight is 398 g/mol. The minimum Gasteiger partial charge on any atom is -0.351 e. The minimum absolute atomic E-state index is 0.0140. The van der Waals surface area contributed by atoms with Gasteiger partial charge in [-0.25, -0.2) is 4.79 Å². The molecule has 5 heteroatoms. The van der Waals surface area contributed by atoms with Gasteiger partial charge < -0.3 is 16.0 Å².